The minimum atomic E-state index is -0.493. The molecule has 0 unspecified atom stereocenters. The van der Waals surface area contributed by atoms with Gasteiger partial charge in [0, 0.05) is 12.6 Å². The Labute approximate surface area is 125 Å². The molecule has 5 heteroatoms. The molecule has 0 aliphatic carbocycles. The highest BCUT2D eigenvalue weighted by molar-refractivity contribution is 5.93. The predicted molar refractivity (Wildman–Crippen MR) is 80.1 cm³/mol. The lowest BCUT2D eigenvalue weighted by molar-refractivity contribution is 0.0923. The first-order chi connectivity index (χ1) is 10.6. The predicted octanol–water partition coefficient (Wildman–Crippen LogP) is 2.86. The number of para-hydroxylation sites is 1. The zero-order chi connectivity index (χ0) is 15.5. The van der Waals surface area contributed by atoms with E-state index in [4.69, 9.17) is 4.42 Å². The van der Waals surface area contributed by atoms with Crippen LogP contribution in [0.4, 0.5) is 4.39 Å². The molecule has 0 fully saturated rings. The maximum atomic E-state index is 12.8. The molecule has 3 aromatic rings. The fourth-order valence-corrected chi connectivity index (χ4v) is 2.09. The van der Waals surface area contributed by atoms with E-state index in [9.17, 15) is 14.0 Å². The lowest BCUT2D eigenvalue weighted by atomic mass is 10.2. The number of carbonyl (C=O) groups is 1. The molecule has 0 aliphatic rings. The van der Waals surface area contributed by atoms with Gasteiger partial charge in [0.15, 0.2) is 11.2 Å². The summed E-state index contributed by atoms with van der Waals surface area (Å²) in [5.74, 6) is -0.881. The fraction of sp³-hybridized carbons (Fsp3) is 0.0588. The molecular weight excluding hydrogens is 285 g/mol. The highest BCUT2D eigenvalue weighted by Crippen LogP contribution is 2.11. The number of hydrogen-bond donors (Lipinski definition) is 1. The summed E-state index contributed by atoms with van der Waals surface area (Å²) in [5, 5.41) is 3.06. The zero-order valence-corrected chi connectivity index (χ0v) is 11.5. The number of nitrogens with one attached hydrogen (secondary N) is 1. The molecule has 4 nitrogen and oxygen atoms in total. The van der Waals surface area contributed by atoms with Gasteiger partial charge in [-0.05, 0) is 29.8 Å². The summed E-state index contributed by atoms with van der Waals surface area (Å²) >= 11 is 0. The third-order valence-corrected chi connectivity index (χ3v) is 3.22. The Morgan fingerprint density at radius 2 is 1.82 bits per heavy atom. The number of benzene rings is 2. The van der Waals surface area contributed by atoms with Gasteiger partial charge in [-0.2, -0.15) is 0 Å². The highest BCUT2D eigenvalue weighted by Gasteiger charge is 2.11. The van der Waals surface area contributed by atoms with Gasteiger partial charge in [-0.3, -0.25) is 9.59 Å². The number of rotatable bonds is 3. The van der Waals surface area contributed by atoms with Crippen LogP contribution in [0.1, 0.15) is 16.1 Å². The second-order valence-corrected chi connectivity index (χ2v) is 4.78. The van der Waals surface area contributed by atoms with Gasteiger partial charge in [0.25, 0.3) is 5.91 Å². The summed E-state index contributed by atoms with van der Waals surface area (Å²) < 4.78 is 18.2. The Balaban J connectivity index is 1.80. The molecule has 0 aliphatic heterocycles. The van der Waals surface area contributed by atoms with Crippen LogP contribution in [0.5, 0.6) is 0 Å². The van der Waals surface area contributed by atoms with Crippen LogP contribution in [0, 0.1) is 5.82 Å². The molecule has 0 spiro atoms. The molecule has 2 aromatic carbocycles. The molecule has 0 saturated carbocycles. The first kappa shape index (κ1) is 14.0. The summed E-state index contributed by atoms with van der Waals surface area (Å²) in [6, 6.07) is 13.7. The van der Waals surface area contributed by atoms with Crippen molar-refractivity contribution in [2.24, 2.45) is 0 Å². The van der Waals surface area contributed by atoms with Crippen LogP contribution in [-0.4, -0.2) is 5.91 Å². The monoisotopic (exact) mass is 297 g/mol. The molecule has 0 atom stereocenters. The van der Waals surface area contributed by atoms with E-state index in [1.54, 1.807) is 36.4 Å². The number of amides is 1. The molecule has 1 aromatic heterocycles. The minimum absolute atomic E-state index is 0.0502. The summed E-state index contributed by atoms with van der Waals surface area (Å²) in [7, 11) is 0. The minimum Gasteiger partial charge on any atom is -0.451 e. The lowest BCUT2D eigenvalue weighted by Gasteiger charge is -2.05. The van der Waals surface area contributed by atoms with Crippen LogP contribution in [0.2, 0.25) is 0 Å². The van der Waals surface area contributed by atoms with Crippen LogP contribution < -0.4 is 10.7 Å². The second-order valence-electron chi connectivity index (χ2n) is 4.78. The summed E-state index contributed by atoms with van der Waals surface area (Å²) in [4.78, 5) is 24.0. The van der Waals surface area contributed by atoms with Crippen molar-refractivity contribution in [2.45, 2.75) is 6.54 Å². The van der Waals surface area contributed by atoms with Crippen molar-refractivity contribution in [3.63, 3.8) is 0 Å². The normalized spacial score (nSPS) is 10.6. The van der Waals surface area contributed by atoms with Crippen molar-refractivity contribution in [2.75, 3.05) is 0 Å². The van der Waals surface area contributed by atoms with Crippen molar-refractivity contribution in [3.05, 3.63) is 82.0 Å². The highest BCUT2D eigenvalue weighted by atomic mass is 19.1. The van der Waals surface area contributed by atoms with Crippen LogP contribution in [-0.2, 0) is 6.54 Å². The van der Waals surface area contributed by atoms with E-state index >= 15 is 0 Å². The van der Waals surface area contributed by atoms with Crippen molar-refractivity contribution in [3.8, 4) is 0 Å². The van der Waals surface area contributed by atoms with Gasteiger partial charge in [-0.15, -0.1) is 0 Å². The van der Waals surface area contributed by atoms with Gasteiger partial charge in [-0.25, -0.2) is 4.39 Å². The molecule has 1 N–H and O–H groups in total. The number of carbonyl (C=O) groups excluding carboxylic acids is 1. The van der Waals surface area contributed by atoms with Gasteiger partial charge < -0.3 is 9.73 Å². The Kier molecular flexibility index (Phi) is 3.70. The van der Waals surface area contributed by atoms with Crippen molar-refractivity contribution < 1.29 is 13.6 Å². The molecule has 0 saturated heterocycles. The van der Waals surface area contributed by atoms with Crippen LogP contribution in [0.3, 0.4) is 0 Å². The lowest BCUT2D eigenvalue weighted by Crippen LogP contribution is -2.24. The number of hydrogen-bond acceptors (Lipinski definition) is 3. The first-order valence-corrected chi connectivity index (χ1v) is 6.69. The molecule has 3 rings (SSSR count). The van der Waals surface area contributed by atoms with E-state index in [1.807, 2.05) is 0 Å². The van der Waals surface area contributed by atoms with E-state index in [1.165, 1.54) is 18.2 Å². The molecule has 110 valence electrons. The molecule has 0 radical (unpaired) electrons. The molecular formula is C17H12FNO3. The van der Waals surface area contributed by atoms with E-state index in [2.05, 4.69) is 5.32 Å². The van der Waals surface area contributed by atoms with E-state index in [0.717, 1.165) is 5.56 Å². The Bertz CT molecular complexity index is 884. The van der Waals surface area contributed by atoms with Gasteiger partial charge in [0.1, 0.15) is 11.4 Å². The average molecular weight is 297 g/mol. The summed E-state index contributed by atoms with van der Waals surface area (Å²) in [6.07, 6.45) is 0. The zero-order valence-electron chi connectivity index (χ0n) is 11.5. The molecule has 1 heterocycles. The molecule has 22 heavy (non-hydrogen) atoms. The van der Waals surface area contributed by atoms with Gasteiger partial charge in [-0.1, -0.05) is 24.3 Å². The quantitative estimate of drug-likeness (QED) is 0.808. The van der Waals surface area contributed by atoms with Gasteiger partial charge in [0.2, 0.25) is 0 Å². The molecule has 0 bridgehead atoms. The number of halogens is 1. The van der Waals surface area contributed by atoms with Crippen LogP contribution in [0.15, 0.2) is 63.8 Å². The maximum Gasteiger partial charge on any atom is 0.287 e. The third-order valence-electron chi connectivity index (χ3n) is 3.22. The number of fused-ring (bicyclic) bond motifs is 1. The third kappa shape index (κ3) is 2.88. The Morgan fingerprint density at radius 3 is 2.59 bits per heavy atom. The van der Waals surface area contributed by atoms with Gasteiger partial charge >= 0.3 is 0 Å². The fourth-order valence-electron chi connectivity index (χ4n) is 2.09. The van der Waals surface area contributed by atoms with Crippen molar-refractivity contribution in [1.29, 1.82) is 0 Å². The standard InChI is InChI=1S/C17H12FNO3/c18-12-7-5-11(6-8-12)10-19-17(21)16-9-14(20)13-3-1-2-4-15(13)22-16/h1-9H,10H2,(H,19,21). The van der Waals surface area contributed by atoms with Gasteiger partial charge in [0.05, 0.1) is 5.39 Å². The smallest absolute Gasteiger partial charge is 0.287 e. The SMILES string of the molecule is O=C(NCc1ccc(F)cc1)c1cc(=O)c2ccccc2o1. The average Bonchev–Trinajstić information content (AvgIpc) is 2.54. The van der Waals surface area contributed by atoms with Crippen LogP contribution in [0.25, 0.3) is 11.0 Å². The maximum absolute atomic E-state index is 12.8. The topological polar surface area (TPSA) is 59.3 Å². The second kappa shape index (κ2) is 5.81. The Hall–Kier alpha value is -2.95. The van der Waals surface area contributed by atoms with Crippen molar-refractivity contribution >= 4 is 16.9 Å². The van der Waals surface area contributed by atoms with Crippen molar-refractivity contribution in [1.82, 2.24) is 5.32 Å². The van der Waals surface area contributed by atoms with E-state index < -0.39 is 5.91 Å². The van der Waals surface area contributed by atoms with Crippen LogP contribution >= 0.6 is 0 Å². The molecule has 1 amide bonds. The first-order valence-electron chi connectivity index (χ1n) is 6.69. The summed E-state index contributed by atoms with van der Waals surface area (Å²) in [5.41, 5.74) is 0.841. The van der Waals surface area contributed by atoms with E-state index in [0.29, 0.717) is 11.0 Å². The summed E-state index contributed by atoms with van der Waals surface area (Å²) in [6.45, 7) is 0.218. The largest absolute Gasteiger partial charge is 0.451 e. The Morgan fingerprint density at radius 1 is 1.09 bits per heavy atom. The van der Waals surface area contributed by atoms with E-state index in [-0.39, 0.29) is 23.6 Å².